The Hall–Kier alpha value is -7.82. The first kappa shape index (κ1) is 35.2. The second-order valence-corrected chi connectivity index (χ2v) is 16.2. The number of furan rings is 1. The van der Waals surface area contributed by atoms with Gasteiger partial charge in [-0.3, -0.25) is 0 Å². The van der Waals surface area contributed by atoms with E-state index in [1.165, 1.54) is 38.1 Å². The molecule has 9 aromatic carbocycles. The molecule has 11 aromatic rings. The summed E-state index contributed by atoms with van der Waals surface area (Å²) in [7, 11) is 0. The number of fused-ring (bicyclic) bond motifs is 8. The first-order chi connectivity index (χ1) is 30.1. The third-order valence-electron chi connectivity index (χ3n) is 12.4. The van der Waals surface area contributed by atoms with Gasteiger partial charge in [0.1, 0.15) is 11.2 Å². The molecule has 0 saturated heterocycles. The fourth-order valence-corrected chi connectivity index (χ4v) is 9.34. The molecule has 288 valence electrons. The molecule has 1 atom stereocenters. The van der Waals surface area contributed by atoms with Crippen LogP contribution in [-0.4, -0.2) is 16.1 Å². The summed E-state index contributed by atoms with van der Waals surface area (Å²) in [5, 5.41) is 9.33. The molecular formula is C57H39N3O. The number of para-hydroxylation sites is 2. The minimum atomic E-state index is 0.0405. The summed E-state index contributed by atoms with van der Waals surface area (Å²) in [5.74, 6) is 0.721. The molecule has 4 nitrogen and oxygen atoms in total. The molecule has 2 aromatic heterocycles. The Kier molecular flexibility index (Phi) is 8.17. The van der Waals surface area contributed by atoms with Crippen molar-refractivity contribution in [2.75, 3.05) is 0 Å². The summed E-state index contributed by atoms with van der Waals surface area (Å²) in [6.07, 6.45) is 3.05. The molecule has 1 unspecified atom stereocenters. The Morgan fingerprint density at radius 1 is 0.475 bits per heavy atom. The summed E-state index contributed by atoms with van der Waals surface area (Å²) in [4.78, 5) is 11.2. The summed E-state index contributed by atoms with van der Waals surface area (Å²) in [6.45, 7) is 2.29. The second-order valence-electron chi connectivity index (χ2n) is 16.2. The molecule has 12 rings (SSSR count). The highest BCUT2D eigenvalue weighted by molar-refractivity contribution is 6.24. The van der Waals surface area contributed by atoms with Gasteiger partial charge in [0.15, 0.2) is 5.84 Å². The van der Waals surface area contributed by atoms with Crippen molar-refractivity contribution < 1.29 is 4.42 Å². The summed E-state index contributed by atoms with van der Waals surface area (Å²) in [6, 6.07) is 69.2. The molecule has 0 N–H and O–H groups in total. The van der Waals surface area contributed by atoms with Crippen LogP contribution in [0.3, 0.4) is 0 Å². The Balaban J connectivity index is 1.10. The molecule has 1 aliphatic rings. The predicted octanol–water partition coefficient (Wildman–Crippen LogP) is 15.0. The monoisotopic (exact) mass is 781 g/mol. The quantitative estimate of drug-likeness (QED) is 0.171. The number of benzene rings is 9. The Morgan fingerprint density at radius 2 is 1.11 bits per heavy atom. The van der Waals surface area contributed by atoms with E-state index in [4.69, 9.17) is 14.4 Å². The number of aromatic nitrogens is 1. The van der Waals surface area contributed by atoms with Gasteiger partial charge in [0.2, 0.25) is 0 Å². The number of amidine groups is 1. The molecule has 0 saturated carbocycles. The maximum atomic E-state index is 6.77. The molecule has 3 heterocycles. The molecule has 0 amide bonds. The lowest BCUT2D eigenvalue weighted by Crippen LogP contribution is -2.18. The molecule has 4 heteroatoms. The number of allylic oxidation sites excluding steroid dienone is 1. The number of nitrogens with zero attached hydrogens (tertiary/aromatic N) is 3. The van der Waals surface area contributed by atoms with E-state index in [1.807, 2.05) is 6.07 Å². The van der Waals surface area contributed by atoms with Crippen LogP contribution in [0.1, 0.15) is 30.0 Å². The average Bonchev–Trinajstić information content (AvgIpc) is 3.85. The Bertz CT molecular complexity index is 3620. The van der Waals surface area contributed by atoms with E-state index < -0.39 is 0 Å². The predicted molar refractivity (Wildman–Crippen MR) is 256 cm³/mol. The fraction of sp³-hybridized carbons (Fsp3) is 0.0526. The van der Waals surface area contributed by atoms with Crippen molar-refractivity contribution in [3.63, 3.8) is 0 Å². The minimum Gasteiger partial charge on any atom is -0.456 e. The van der Waals surface area contributed by atoms with E-state index in [2.05, 4.69) is 206 Å². The minimum absolute atomic E-state index is 0.0405. The fourth-order valence-electron chi connectivity index (χ4n) is 9.34. The lowest BCUT2D eigenvalue weighted by atomic mass is 9.90. The van der Waals surface area contributed by atoms with Gasteiger partial charge in [0, 0.05) is 44.7 Å². The Morgan fingerprint density at radius 3 is 1.93 bits per heavy atom. The summed E-state index contributed by atoms with van der Waals surface area (Å²) < 4.78 is 9.17. The van der Waals surface area contributed by atoms with Crippen LogP contribution in [0.15, 0.2) is 215 Å². The van der Waals surface area contributed by atoms with Crippen molar-refractivity contribution in [2.24, 2.45) is 15.9 Å². The number of rotatable bonds is 5. The highest BCUT2D eigenvalue weighted by Crippen LogP contribution is 2.40. The topological polar surface area (TPSA) is 42.8 Å². The number of hydrogen-bond donors (Lipinski definition) is 0. The van der Waals surface area contributed by atoms with Gasteiger partial charge >= 0.3 is 0 Å². The van der Waals surface area contributed by atoms with Gasteiger partial charge in [-0.05, 0) is 81.1 Å². The standard InChI is InChI=1S/C57H39N3O/c1-36-23-30-50(40-27-24-39(25-28-40)37-13-3-2-4-14-37)58-57(44-29-26-38-15-5-6-16-41(38)31-44)59-56(36)49-34-45(35-54-55(49)47-20-10-12-22-53(47)61-54)60-51-21-11-9-19-46(51)48-32-42-17-7-8-18-43(42)33-52(48)60/h2-22,24-36H,23H2,1H3/b50-30+,58-57-,59-56+. The van der Waals surface area contributed by atoms with Crippen molar-refractivity contribution >= 4 is 82.5 Å². The van der Waals surface area contributed by atoms with E-state index in [9.17, 15) is 0 Å². The molecule has 0 aliphatic carbocycles. The van der Waals surface area contributed by atoms with Gasteiger partial charge < -0.3 is 8.98 Å². The van der Waals surface area contributed by atoms with E-state index in [0.717, 1.165) is 78.6 Å². The smallest absolute Gasteiger partial charge is 0.160 e. The summed E-state index contributed by atoms with van der Waals surface area (Å²) in [5.41, 5.74) is 12.4. The van der Waals surface area contributed by atoms with Gasteiger partial charge in [-0.25, -0.2) is 9.98 Å². The van der Waals surface area contributed by atoms with Crippen LogP contribution in [0.5, 0.6) is 0 Å². The molecular weight excluding hydrogens is 743 g/mol. The molecule has 1 aliphatic heterocycles. The molecule has 0 radical (unpaired) electrons. The van der Waals surface area contributed by atoms with E-state index in [0.29, 0.717) is 5.84 Å². The van der Waals surface area contributed by atoms with E-state index in [1.54, 1.807) is 0 Å². The largest absolute Gasteiger partial charge is 0.456 e. The molecule has 0 fully saturated rings. The van der Waals surface area contributed by atoms with E-state index in [-0.39, 0.29) is 5.92 Å². The zero-order valence-corrected chi connectivity index (χ0v) is 33.6. The first-order valence-corrected chi connectivity index (χ1v) is 21.0. The second kappa shape index (κ2) is 14.2. The van der Waals surface area contributed by atoms with Crippen molar-refractivity contribution in [1.82, 2.24) is 4.57 Å². The van der Waals surface area contributed by atoms with Crippen LogP contribution < -0.4 is 0 Å². The normalized spacial score (nSPS) is 17.3. The van der Waals surface area contributed by atoms with Crippen molar-refractivity contribution in [3.05, 3.63) is 217 Å². The van der Waals surface area contributed by atoms with Gasteiger partial charge in [-0.15, -0.1) is 0 Å². The van der Waals surface area contributed by atoms with Crippen LogP contribution >= 0.6 is 0 Å². The van der Waals surface area contributed by atoms with Gasteiger partial charge in [-0.1, -0.05) is 165 Å². The Labute approximate surface area is 353 Å². The third-order valence-corrected chi connectivity index (χ3v) is 12.4. The van der Waals surface area contributed by atoms with Crippen LogP contribution in [0.4, 0.5) is 0 Å². The number of aliphatic imine (C=N–C) groups is 2. The maximum Gasteiger partial charge on any atom is 0.160 e. The van der Waals surface area contributed by atoms with Crippen molar-refractivity contribution in [2.45, 2.75) is 13.3 Å². The molecule has 0 spiro atoms. The van der Waals surface area contributed by atoms with Gasteiger partial charge in [0.25, 0.3) is 0 Å². The zero-order chi connectivity index (χ0) is 40.4. The van der Waals surface area contributed by atoms with Gasteiger partial charge in [-0.2, -0.15) is 0 Å². The lowest BCUT2D eigenvalue weighted by Gasteiger charge is -2.20. The van der Waals surface area contributed by atoms with Crippen LogP contribution in [0.2, 0.25) is 0 Å². The highest BCUT2D eigenvalue weighted by atomic mass is 16.3. The highest BCUT2D eigenvalue weighted by Gasteiger charge is 2.25. The lowest BCUT2D eigenvalue weighted by molar-refractivity contribution is 0.668. The van der Waals surface area contributed by atoms with Crippen molar-refractivity contribution in [3.8, 4) is 16.8 Å². The first-order valence-electron chi connectivity index (χ1n) is 21.0. The zero-order valence-electron chi connectivity index (χ0n) is 33.6. The molecule has 61 heavy (non-hydrogen) atoms. The van der Waals surface area contributed by atoms with Gasteiger partial charge in [0.05, 0.1) is 28.1 Å². The van der Waals surface area contributed by atoms with Crippen LogP contribution in [-0.2, 0) is 0 Å². The van der Waals surface area contributed by atoms with Crippen LogP contribution in [0.25, 0.3) is 87.8 Å². The third kappa shape index (κ3) is 5.98. The molecule has 0 bridgehead atoms. The summed E-state index contributed by atoms with van der Waals surface area (Å²) >= 11 is 0. The SMILES string of the molecule is CC1C/C=C(c2ccc(-c3ccccc3)cc2)/N=C(c2ccc3ccccc3c2)\N=C/1c1cc(-n2c3ccccc3c3cc4ccccc4cc32)cc2oc3ccccc3c12. The average molecular weight is 782 g/mol. The van der Waals surface area contributed by atoms with Crippen LogP contribution in [0, 0.1) is 5.92 Å². The van der Waals surface area contributed by atoms with Crippen molar-refractivity contribution in [1.29, 1.82) is 0 Å². The maximum absolute atomic E-state index is 6.77. The van der Waals surface area contributed by atoms with E-state index >= 15 is 0 Å². The number of hydrogen-bond acceptors (Lipinski definition) is 3.